The van der Waals surface area contributed by atoms with Crippen molar-refractivity contribution >= 4 is 35.8 Å². The maximum atomic E-state index is 12.2. The Bertz CT molecular complexity index is 777. The van der Waals surface area contributed by atoms with Gasteiger partial charge in [0.2, 0.25) is 5.91 Å². The molecule has 7 heteroatoms. The molecule has 0 fully saturated rings. The van der Waals surface area contributed by atoms with E-state index in [0.717, 1.165) is 5.56 Å². The topological polar surface area (TPSA) is 84.2 Å². The van der Waals surface area contributed by atoms with Gasteiger partial charge in [-0.25, -0.2) is 0 Å². The zero-order chi connectivity index (χ0) is 20.0. The van der Waals surface area contributed by atoms with Crippen LogP contribution >= 0.6 is 24.0 Å². The molecule has 28 heavy (non-hydrogen) atoms. The van der Waals surface area contributed by atoms with Crippen LogP contribution in [0, 0.1) is 0 Å². The van der Waals surface area contributed by atoms with Gasteiger partial charge in [-0.2, -0.15) is 0 Å². The molecular weight excluding hydrogens is 397 g/mol. The Balaban J connectivity index is 0.00000392. The molecule has 2 atom stereocenters. The van der Waals surface area contributed by atoms with Crippen LogP contribution in [0.2, 0.25) is 5.02 Å². The fraction of sp³-hybridized carbons (Fsp3) is 0.333. The predicted octanol–water partition coefficient (Wildman–Crippen LogP) is 3.82. The SMILES string of the molecule is CC(NC(=O)c1ccc(Cl)cc1)C(=O)NCC(N)c1ccc(C(C)C)cc1.Cl. The lowest BCUT2D eigenvalue weighted by Crippen LogP contribution is -2.46. The van der Waals surface area contributed by atoms with Crippen LogP contribution in [0.1, 0.15) is 54.2 Å². The molecule has 152 valence electrons. The third kappa shape index (κ3) is 6.82. The molecule has 2 aromatic rings. The van der Waals surface area contributed by atoms with Gasteiger partial charge < -0.3 is 16.4 Å². The van der Waals surface area contributed by atoms with Crippen LogP contribution in [-0.2, 0) is 4.79 Å². The molecule has 2 amide bonds. The summed E-state index contributed by atoms with van der Waals surface area (Å²) in [5.74, 6) is -0.158. The Morgan fingerprint density at radius 3 is 2.04 bits per heavy atom. The number of hydrogen-bond acceptors (Lipinski definition) is 3. The second kappa shape index (κ2) is 11.1. The summed E-state index contributed by atoms with van der Waals surface area (Å²) >= 11 is 5.81. The minimum Gasteiger partial charge on any atom is -0.352 e. The lowest BCUT2D eigenvalue weighted by atomic mass is 9.99. The van der Waals surface area contributed by atoms with Crippen molar-refractivity contribution in [3.63, 3.8) is 0 Å². The minimum absolute atomic E-state index is 0. The Hall–Kier alpha value is -2.08. The Labute approximate surface area is 177 Å². The van der Waals surface area contributed by atoms with Crippen molar-refractivity contribution in [1.82, 2.24) is 10.6 Å². The van der Waals surface area contributed by atoms with Gasteiger partial charge in [-0.1, -0.05) is 49.7 Å². The zero-order valence-electron chi connectivity index (χ0n) is 16.2. The minimum atomic E-state index is -0.677. The average molecular weight is 424 g/mol. The molecule has 0 radical (unpaired) electrons. The number of rotatable bonds is 7. The highest BCUT2D eigenvalue weighted by molar-refractivity contribution is 6.30. The second-order valence-electron chi connectivity index (χ2n) is 6.88. The summed E-state index contributed by atoms with van der Waals surface area (Å²) in [6, 6.07) is 13.6. The monoisotopic (exact) mass is 423 g/mol. The summed E-state index contributed by atoms with van der Waals surface area (Å²) in [6.07, 6.45) is 0. The van der Waals surface area contributed by atoms with Crippen molar-refractivity contribution < 1.29 is 9.59 Å². The van der Waals surface area contributed by atoms with Crippen LogP contribution in [0.4, 0.5) is 0 Å². The number of benzene rings is 2. The van der Waals surface area contributed by atoms with E-state index < -0.39 is 6.04 Å². The van der Waals surface area contributed by atoms with Gasteiger partial charge in [0.15, 0.2) is 0 Å². The lowest BCUT2D eigenvalue weighted by molar-refractivity contribution is -0.122. The maximum absolute atomic E-state index is 12.2. The van der Waals surface area contributed by atoms with Crippen molar-refractivity contribution in [3.8, 4) is 0 Å². The van der Waals surface area contributed by atoms with Crippen molar-refractivity contribution in [2.45, 2.75) is 38.8 Å². The van der Waals surface area contributed by atoms with Crippen molar-refractivity contribution in [1.29, 1.82) is 0 Å². The zero-order valence-corrected chi connectivity index (χ0v) is 17.8. The number of carbonyl (C=O) groups excluding carboxylic acids is 2. The van der Waals surface area contributed by atoms with Gasteiger partial charge in [0, 0.05) is 23.2 Å². The molecule has 0 aliphatic carbocycles. The summed E-state index contributed by atoms with van der Waals surface area (Å²) in [5.41, 5.74) is 8.81. The predicted molar refractivity (Wildman–Crippen MR) is 116 cm³/mol. The normalized spacial score (nSPS) is 12.6. The molecule has 0 heterocycles. The van der Waals surface area contributed by atoms with E-state index in [-0.39, 0.29) is 30.3 Å². The van der Waals surface area contributed by atoms with Gasteiger partial charge >= 0.3 is 0 Å². The van der Waals surface area contributed by atoms with E-state index >= 15 is 0 Å². The number of amides is 2. The Morgan fingerprint density at radius 2 is 1.50 bits per heavy atom. The number of nitrogens with one attached hydrogen (secondary N) is 2. The number of hydrogen-bond donors (Lipinski definition) is 3. The molecule has 0 aliphatic rings. The van der Waals surface area contributed by atoms with E-state index in [4.69, 9.17) is 17.3 Å². The van der Waals surface area contributed by atoms with Gasteiger partial charge in [0.25, 0.3) is 5.91 Å². The van der Waals surface area contributed by atoms with Crippen LogP contribution in [-0.4, -0.2) is 24.4 Å². The van der Waals surface area contributed by atoms with Crippen LogP contribution in [0.25, 0.3) is 0 Å². The summed E-state index contributed by atoms with van der Waals surface area (Å²) in [4.78, 5) is 24.4. The van der Waals surface area contributed by atoms with Crippen LogP contribution in [0.15, 0.2) is 48.5 Å². The van der Waals surface area contributed by atoms with E-state index in [0.29, 0.717) is 23.0 Å². The van der Waals surface area contributed by atoms with Crippen LogP contribution in [0.5, 0.6) is 0 Å². The van der Waals surface area contributed by atoms with E-state index in [1.165, 1.54) is 5.56 Å². The van der Waals surface area contributed by atoms with Gasteiger partial charge in [-0.15, -0.1) is 12.4 Å². The van der Waals surface area contributed by atoms with E-state index in [9.17, 15) is 9.59 Å². The second-order valence-corrected chi connectivity index (χ2v) is 7.31. The number of halogens is 2. The van der Waals surface area contributed by atoms with E-state index in [1.54, 1.807) is 31.2 Å². The quantitative estimate of drug-likeness (QED) is 0.632. The third-order valence-electron chi connectivity index (χ3n) is 4.37. The summed E-state index contributed by atoms with van der Waals surface area (Å²) in [7, 11) is 0. The van der Waals surface area contributed by atoms with E-state index in [1.807, 2.05) is 12.1 Å². The van der Waals surface area contributed by atoms with Crippen LogP contribution < -0.4 is 16.4 Å². The highest BCUT2D eigenvalue weighted by atomic mass is 35.5. The molecule has 2 unspecified atom stereocenters. The van der Waals surface area contributed by atoms with Gasteiger partial charge in [0.1, 0.15) is 6.04 Å². The van der Waals surface area contributed by atoms with Crippen molar-refractivity contribution in [3.05, 3.63) is 70.2 Å². The first-order valence-electron chi connectivity index (χ1n) is 8.97. The van der Waals surface area contributed by atoms with Gasteiger partial charge in [-0.3, -0.25) is 9.59 Å². The third-order valence-corrected chi connectivity index (χ3v) is 4.63. The van der Waals surface area contributed by atoms with Gasteiger partial charge in [0.05, 0.1) is 0 Å². The highest BCUT2D eigenvalue weighted by Crippen LogP contribution is 2.17. The standard InChI is InChI=1S/C21H26ClN3O2.ClH/c1-13(2)15-4-6-16(7-5-15)19(23)12-24-20(26)14(3)25-21(27)17-8-10-18(22)11-9-17;/h4-11,13-14,19H,12,23H2,1-3H3,(H,24,26)(H,25,27);1H. The maximum Gasteiger partial charge on any atom is 0.251 e. The molecule has 5 nitrogen and oxygen atoms in total. The molecule has 0 spiro atoms. The Morgan fingerprint density at radius 1 is 0.964 bits per heavy atom. The molecule has 4 N–H and O–H groups in total. The van der Waals surface area contributed by atoms with Crippen molar-refractivity contribution in [2.24, 2.45) is 5.73 Å². The lowest BCUT2D eigenvalue weighted by Gasteiger charge is -2.18. The van der Waals surface area contributed by atoms with E-state index in [2.05, 4.69) is 36.6 Å². The molecular formula is C21H27Cl2N3O2. The first-order valence-corrected chi connectivity index (χ1v) is 9.35. The summed E-state index contributed by atoms with van der Waals surface area (Å²) < 4.78 is 0. The Kier molecular flexibility index (Phi) is 9.46. The van der Waals surface area contributed by atoms with Gasteiger partial charge in [-0.05, 0) is 48.2 Å². The first-order chi connectivity index (χ1) is 12.8. The van der Waals surface area contributed by atoms with Crippen molar-refractivity contribution in [2.75, 3.05) is 6.54 Å². The molecule has 0 saturated heterocycles. The number of nitrogens with two attached hydrogens (primary N) is 1. The largest absolute Gasteiger partial charge is 0.352 e. The smallest absolute Gasteiger partial charge is 0.251 e. The molecule has 0 aromatic heterocycles. The molecule has 0 saturated carbocycles. The fourth-order valence-electron chi connectivity index (χ4n) is 2.56. The molecule has 0 bridgehead atoms. The number of carbonyl (C=O) groups is 2. The molecule has 0 aliphatic heterocycles. The fourth-order valence-corrected chi connectivity index (χ4v) is 2.68. The highest BCUT2D eigenvalue weighted by Gasteiger charge is 2.17. The summed E-state index contributed by atoms with van der Waals surface area (Å²) in [5, 5.41) is 6.00. The average Bonchev–Trinajstić information content (AvgIpc) is 2.66. The first kappa shape index (κ1) is 24.0. The molecule has 2 rings (SSSR count). The van der Waals surface area contributed by atoms with Crippen LogP contribution in [0.3, 0.4) is 0 Å². The molecule has 2 aromatic carbocycles. The summed E-state index contributed by atoms with van der Waals surface area (Å²) in [6.45, 7) is 6.19.